The second-order valence-electron chi connectivity index (χ2n) is 4.67. The number of rotatable bonds is 4. The molecule has 0 aliphatic heterocycles. The maximum atomic E-state index is 12.0. The van der Waals surface area contributed by atoms with E-state index in [1.807, 2.05) is 13.0 Å². The topological polar surface area (TPSA) is 49.3 Å². The maximum absolute atomic E-state index is 12.0. The smallest absolute Gasteiger partial charge is 0.261 e. The van der Waals surface area contributed by atoms with E-state index in [2.05, 4.69) is 5.32 Å². The van der Waals surface area contributed by atoms with Gasteiger partial charge in [0.2, 0.25) is 0 Å². The number of thiophene rings is 1. The number of aliphatic hydroxyl groups excluding tert-OH is 1. The van der Waals surface area contributed by atoms with E-state index in [1.165, 1.54) is 11.3 Å². The zero-order valence-electron chi connectivity index (χ0n) is 11.3. The highest BCUT2D eigenvalue weighted by atomic mass is 35.5. The van der Waals surface area contributed by atoms with Crippen molar-refractivity contribution in [2.45, 2.75) is 26.0 Å². The van der Waals surface area contributed by atoms with Gasteiger partial charge in [0, 0.05) is 9.90 Å². The third kappa shape index (κ3) is 3.60. The summed E-state index contributed by atoms with van der Waals surface area (Å²) in [6.45, 7) is 3.73. The Balaban J connectivity index is 2.02. The molecule has 3 nitrogen and oxygen atoms in total. The molecule has 0 saturated carbocycles. The third-order valence-corrected chi connectivity index (χ3v) is 4.26. The minimum atomic E-state index is -0.766. The van der Waals surface area contributed by atoms with Crippen LogP contribution in [0.3, 0.4) is 0 Å². The minimum Gasteiger partial charge on any atom is -0.386 e. The van der Waals surface area contributed by atoms with E-state index in [9.17, 15) is 9.90 Å². The van der Waals surface area contributed by atoms with Crippen molar-refractivity contribution >= 4 is 28.8 Å². The molecule has 1 aromatic heterocycles. The summed E-state index contributed by atoms with van der Waals surface area (Å²) < 4.78 is 0. The van der Waals surface area contributed by atoms with Gasteiger partial charge in [-0.25, -0.2) is 0 Å². The Kier molecular flexibility index (Phi) is 4.81. The molecule has 1 aromatic carbocycles. The van der Waals surface area contributed by atoms with Crippen molar-refractivity contribution in [2.24, 2.45) is 0 Å². The molecule has 2 atom stereocenters. The number of nitrogens with one attached hydrogen (secondary N) is 1. The lowest BCUT2D eigenvalue weighted by molar-refractivity contribution is 0.0856. The number of aliphatic hydroxyl groups is 1. The molecule has 0 spiro atoms. The van der Waals surface area contributed by atoms with E-state index in [-0.39, 0.29) is 11.9 Å². The summed E-state index contributed by atoms with van der Waals surface area (Å²) in [7, 11) is 0. The predicted molar refractivity (Wildman–Crippen MR) is 82.4 cm³/mol. The number of carbonyl (C=O) groups excluding carboxylic acids is 1. The van der Waals surface area contributed by atoms with Crippen molar-refractivity contribution in [1.82, 2.24) is 5.32 Å². The summed E-state index contributed by atoms with van der Waals surface area (Å²) in [6, 6.07) is 10.3. The van der Waals surface area contributed by atoms with Crippen LogP contribution in [-0.4, -0.2) is 17.1 Å². The number of amides is 1. The van der Waals surface area contributed by atoms with Gasteiger partial charge in [0.25, 0.3) is 5.91 Å². The molecule has 1 heterocycles. The van der Waals surface area contributed by atoms with E-state index in [0.717, 1.165) is 10.4 Å². The lowest BCUT2D eigenvalue weighted by Crippen LogP contribution is -2.36. The predicted octanol–water partition coefficient (Wildman–Crippen LogP) is 3.56. The monoisotopic (exact) mass is 309 g/mol. The lowest BCUT2D eigenvalue weighted by atomic mass is 10.0. The van der Waals surface area contributed by atoms with Crippen LogP contribution in [0, 0.1) is 6.92 Å². The molecular weight excluding hydrogens is 294 g/mol. The molecule has 106 valence electrons. The highest BCUT2D eigenvalue weighted by Crippen LogP contribution is 2.20. The first kappa shape index (κ1) is 15.0. The van der Waals surface area contributed by atoms with Crippen LogP contribution in [0.25, 0.3) is 0 Å². The number of aryl methyl sites for hydroxylation is 1. The van der Waals surface area contributed by atoms with Gasteiger partial charge in [-0.05, 0) is 43.7 Å². The molecule has 0 fully saturated rings. The summed E-state index contributed by atoms with van der Waals surface area (Å²) in [4.78, 5) is 13.8. The van der Waals surface area contributed by atoms with Crippen molar-refractivity contribution in [2.75, 3.05) is 0 Å². The second kappa shape index (κ2) is 6.39. The fourth-order valence-electron chi connectivity index (χ4n) is 1.86. The van der Waals surface area contributed by atoms with Crippen molar-refractivity contribution in [3.63, 3.8) is 0 Å². The highest BCUT2D eigenvalue weighted by Gasteiger charge is 2.19. The minimum absolute atomic E-state index is 0.163. The molecule has 0 saturated heterocycles. The van der Waals surface area contributed by atoms with Crippen LogP contribution < -0.4 is 5.32 Å². The van der Waals surface area contributed by atoms with Crippen molar-refractivity contribution in [3.05, 3.63) is 56.7 Å². The number of benzene rings is 1. The van der Waals surface area contributed by atoms with E-state index in [4.69, 9.17) is 11.6 Å². The molecule has 0 aliphatic carbocycles. The van der Waals surface area contributed by atoms with Crippen molar-refractivity contribution in [3.8, 4) is 0 Å². The molecule has 2 aromatic rings. The van der Waals surface area contributed by atoms with Gasteiger partial charge in [-0.15, -0.1) is 11.3 Å². The van der Waals surface area contributed by atoms with Gasteiger partial charge in [0.1, 0.15) is 0 Å². The van der Waals surface area contributed by atoms with Crippen LogP contribution in [0.1, 0.15) is 33.1 Å². The van der Waals surface area contributed by atoms with Gasteiger partial charge in [-0.2, -0.15) is 0 Å². The Morgan fingerprint density at radius 3 is 2.45 bits per heavy atom. The van der Waals surface area contributed by atoms with Gasteiger partial charge in [0.05, 0.1) is 17.0 Å². The summed E-state index contributed by atoms with van der Waals surface area (Å²) in [5.41, 5.74) is 0.726. The molecule has 1 amide bonds. The normalized spacial score (nSPS) is 13.8. The van der Waals surface area contributed by atoms with E-state index >= 15 is 0 Å². The Labute approximate surface area is 127 Å². The third-order valence-electron chi connectivity index (χ3n) is 3.01. The first-order valence-corrected chi connectivity index (χ1v) is 7.47. The van der Waals surface area contributed by atoms with Gasteiger partial charge in [0.15, 0.2) is 0 Å². The SMILES string of the molecule is Cc1ccc(C(=O)NC(C)C(O)c2ccc(Cl)cc2)s1. The Bertz CT molecular complexity index is 594. The molecule has 2 N–H and O–H groups in total. The largest absolute Gasteiger partial charge is 0.386 e. The summed E-state index contributed by atoms with van der Waals surface area (Å²) in [5.74, 6) is -0.163. The Morgan fingerprint density at radius 2 is 1.90 bits per heavy atom. The zero-order valence-corrected chi connectivity index (χ0v) is 12.8. The van der Waals surface area contributed by atoms with Crippen molar-refractivity contribution in [1.29, 1.82) is 0 Å². The number of hydrogen-bond donors (Lipinski definition) is 2. The van der Waals surface area contributed by atoms with E-state index in [0.29, 0.717) is 9.90 Å². The average molecular weight is 310 g/mol. The second-order valence-corrected chi connectivity index (χ2v) is 6.39. The first-order valence-electron chi connectivity index (χ1n) is 6.28. The fraction of sp³-hybridized carbons (Fsp3) is 0.267. The standard InChI is InChI=1S/C15H16ClNO2S/c1-9-3-8-13(20-9)15(19)17-10(2)14(18)11-4-6-12(16)7-5-11/h3-8,10,14,18H,1-2H3,(H,17,19). The van der Waals surface area contributed by atoms with Crippen LogP contribution >= 0.6 is 22.9 Å². The van der Waals surface area contributed by atoms with E-state index < -0.39 is 6.10 Å². The quantitative estimate of drug-likeness (QED) is 0.907. The average Bonchev–Trinajstić information content (AvgIpc) is 2.85. The Morgan fingerprint density at radius 1 is 1.25 bits per heavy atom. The molecular formula is C15H16ClNO2S. The Hall–Kier alpha value is -1.36. The summed E-state index contributed by atoms with van der Waals surface area (Å²) in [6.07, 6.45) is -0.766. The molecule has 5 heteroatoms. The number of carbonyl (C=O) groups is 1. The van der Waals surface area contributed by atoms with Gasteiger partial charge in [-0.1, -0.05) is 23.7 Å². The van der Waals surface area contributed by atoms with Crippen LogP contribution in [0.4, 0.5) is 0 Å². The van der Waals surface area contributed by atoms with E-state index in [1.54, 1.807) is 37.3 Å². The van der Waals surface area contributed by atoms with Gasteiger partial charge in [-0.3, -0.25) is 4.79 Å². The highest BCUT2D eigenvalue weighted by molar-refractivity contribution is 7.13. The molecule has 0 bridgehead atoms. The van der Waals surface area contributed by atoms with Gasteiger partial charge < -0.3 is 10.4 Å². The fourth-order valence-corrected chi connectivity index (χ4v) is 2.76. The summed E-state index contributed by atoms with van der Waals surface area (Å²) in [5, 5.41) is 13.7. The van der Waals surface area contributed by atoms with Crippen LogP contribution in [0.15, 0.2) is 36.4 Å². The molecule has 20 heavy (non-hydrogen) atoms. The lowest BCUT2D eigenvalue weighted by Gasteiger charge is -2.20. The van der Waals surface area contributed by atoms with Crippen LogP contribution in [0.2, 0.25) is 5.02 Å². The number of hydrogen-bond acceptors (Lipinski definition) is 3. The molecule has 0 aliphatic rings. The first-order chi connectivity index (χ1) is 9.47. The van der Waals surface area contributed by atoms with Crippen LogP contribution in [-0.2, 0) is 0 Å². The van der Waals surface area contributed by atoms with Crippen molar-refractivity contribution < 1.29 is 9.90 Å². The molecule has 2 rings (SSSR count). The van der Waals surface area contributed by atoms with Gasteiger partial charge >= 0.3 is 0 Å². The maximum Gasteiger partial charge on any atom is 0.261 e. The van der Waals surface area contributed by atoms with Crippen LogP contribution in [0.5, 0.6) is 0 Å². The number of halogens is 1. The molecule has 0 radical (unpaired) electrons. The zero-order chi connectivity index (χ0) is 14.7. The molecule has 2 unspecified atom stereocenters. The summed E-state index contributed by atoms with van der Waals surface area (Å²) >= 11 is 7.25.